The molecule has 26 heavy (non-hydrogen) atoms. The van der Waals surface area contributed by atoms with Crippen LogP contribution in [-0.2, 0) is 6.54 Å². The van der Waals surface area contributed by atoms with Crippen molar-refractivity contribution in [2.24, 2.45) is 5.92 Å². The van der Waals surface area contributed by atoms with Crippen LogP contribution in [0.4, 0.5) is 28.0 Å². The molecular weight excluding hydrogens is 352 g/mol. The van der Waals surface area contributed by atoms with E-state index in [2.05, 4.69) is 10.6 Å². The Kier molecular flexibility index (Phi) is 6.69. The van der Waals surface area contributed by atoms with Crippen LogP contribution in [0.2, 0.25) is 0 Å². The zero-order chi connectivity index (χ0) is 19.3. The molecule has 2 rings (SSSR count). The number of rotatable bonds is 6. The number of likely N-dealkylation sites (tertiary alicyclic amines) is 1. The molecule has 1 aromatic rings. The summed E-state index contributed by atoms with van der Waals surface area (Å²) in [6.45, 7) is 0.266. The summed E-state index contributed by atoms with van der Waals surface area (Å²) in [5, 5.41) is 5.29. The molecule has 1 aromatic carbocycles. The van der Waals surface area contributed by atoms with Gasteiger partial charge in [0.05, 0.1) is 12.2 Å². The lowest BCUT2D eigenvalue weighted by Gasteiger charge is -2.18. The molecule has 1 heterocycles. The van der Waals surface area contributed by atoms with Crippen LogP contribution < -0.4 is 15.5 Å². The summed E-state index contributed by atoms with van der Waals surface area (Å²) >= 11 is 0. The zero-order valence-corrected chi connectivity index (χ0v) is 14.9. The average molecular weight is 376 g/mol. The molecule has 1 aliphatic heterocycles. The first-order valence-electron chi connectivity index (χ1n) is 8.40. The van der Waals surface area contributed by atoms with Gasteiger partial charge in [0, 0.05) is 33.7 Å². The third-order valence-corrected chi connectivity index (χ3v) is 4.27. The van der Waals surface area contributed by atoms with Gasteiger partial charge >= 0.3 is 12.2 Å². The molecule has 2 N–H and O–H groups in total. The number of anilines is 1. The Hall–Kier alpha value is -2.03. The van der Waals surface area contributed by atoms with E-state index in [0.717, 1.165) is 0 Å². The highest BCUT2D eigenvalue weighted by Gasteiger charge is 2.34. The second-order valence-electron chi connectivity index (χ2n) is 6.75. The quantitative estimate of drug-likeness (QED) is 0.751. The third-order valence-electron chi connectivity index (χ3n) is 4.27. The van der Waals surface area contributed by atoms with Gasteiger partial charge in [-0.25, -0.2) is 9.18 Å². The van der Waals surface area contributed by atoms with E-state index >= 15 is 0 Å². The minimum Gasteiger partial charge on any atom is -0.375 e. The number of benzene rings is 1. The lowest BCUT2D eigenvalue weighted by Crippen LogP contribution is -2.39. The van der Waals surface area contributed by atoms with Gasteiger partial charge in [0.25, 0.3) is 0 Å². The molecule has 9 heteroatoms. The molecule has 2 amide bonds. The fourth-order valence-electron chi connectivity index (χ4n) is 2.98. The molecule has 0 bridgehead atoms. The van der Waals surface area contributed by atoms with Crippen molar-refractivity contribution in [2.75, 3.05) is 45.2 Å². The number of carbonyl (C=O) groups is 1. The first-order valence-corrected chi connectivity index (χ1v) is 8.40. The van der Waals surface area contributed by atoms with Crippen molar-refractivity contribution in [1.29, 1.82) is 0 Å². The number of hydrogen-bond acceptors (Lipinski definition) is 3. The number of hydrogen-bond donors (Lipinski definition) is 2. The van der Waals surface area contributed by atoms with E-state index in [1.54, 1.807) is 31.1 Å². The molecule has 1 aliphatic rings. The molecule has 146 valence electrons. The smallest absolute Gasteiger partial charge is 0.375 e. The van der Waals surface area contributed by atoms with Gasteiger partial charge in [0.15, 0.2) is 0 Å². The van der Waals surface area contributed by atoms with E-state index in [-0.39, 0.29) is 18.3 Å². The fourth-order valence-corrected chi connectivity index (χ4v) is 2.98. The van der Waals surface area contributed by atoms with Crippen molar-refractivity contribution in [3.8, 4) is 0 Å². The van der Waals surface area contributed by atoms with Crippen LogP contribution >= 0.6 is 0 Å². The highest BCUT2D eigenvalue weighted by atomic mass is 19.4. The maximum atomic E-state index is 13.9. The van der Waals surface area contributed by atoms with Gasteiger partial charge < -0.3 is 15.5 Å². The molecular formula is C17H24F4N4O. The summed E-state index contributed by atoms with van der Waals surface area (Å²) in [6, 6.07) is 4.31. The van der Waals surface area contributed by atoms with E-state index in [1.807, 2.05) is 0 Å². The standard InChI is InChI=1S/C17H24F4N4O/c1-24(2)15-4-3-12(7-14(15)18)8-22-16(26)23-9-13-5-6-25(10-13)11-17(19,20)21/h3-4,7,13H,5-6,8-11H2,1-2H3,(H2,22,23,26). The molecule has 1 atom stereocenters. The summed E-state index contributed by atoms with van der Waals surface area (Å²) in [5.41, 5.74) is 1.09. The Morgan fingerprint density at radius 3 is 2.65 bits per heavy atom. The fraction of sp³-hybridized carbons (Fsp3) is 0.588. The highest BCUT2D eigenvalue weighted by molar-refractivity contribution is 5.73. The zero-order valence-electron chi connectivity index (χ0n) is 14.9. The highest BCUT2D eigenvalue weighted by Crippen LogP contribution is 2.22. The molecule has 5 nitrogen and oxygen atoms in total. The van der Waals surface area contributed by atoms with E-state index in [4.69, 9.17) is 0 Å². The van der Waals surface area contributed by atoms with Gasteiger partial charge in [-0.2, -0.15) is 13.2 Å². The van der Waals surface area contributed by atoms with E-state index < -0.39 is 18.8 Å². The average Bonchev–Trinajstić information content (AvgIpc) is 2.96. The number of nitrogens with one attached hydrogen (secondary N) is 2. The van der Waals surface area contributed by atoms with Crippen molar-refractivity contribution < 1.29 is 22.4 Å². The van der Waals surface area contributed by atoms with Crippen molar-refractivity contribution in [1.82, 2.24) is 15.5 Å². The Morgan fingerprint density at radius 1 is 1.31 bits per heavy atom. The van der Waals surface area contributed by atoms with Gasteiger partial charge in [-0.15, -0.1) is 0 Å². The number of amides is 2. The first kappa shape index (κ1) is 20.3. The number of halogens is 4. The van der Waals surface area contributed by atoms with Crippen LogP contribution in [-0.4, -0.2) is 57.4 Å². The van der Waals surface area contributed by atoms with Crippen LogP contribution in [0, 0.1) is 11.7 Å². The van der Waals surface area contributed by atoms with Crippen LogP contribution in [0.15, 0.2) is 18.2 Å². The van der Waals surface area contributed by atoms with Gasteiger partial charge in [0.1, 0.15) is 5.82 Å². The lowest BCUT2D eigenvalue weighted by atomic mass is 10.1. The topological polar surface area (TPSA) is 47.6 Å². The predicted molar refractivity (Wildman–Crippen MR) is 91.6 cm³/mol. The van der Waals surface area contributed by atoms with Crippen LogP contribution in [0.5, 0.6) is 0 Å². The van der Waals surface area contributed by atoms with E-state index in [1.165, 1.54) is 11.0 Å². The minimum absolute atomic E-state index is 0.0000747. The Morgan fingerprint density at radius 2 is 2.04 bits per heavy atom. The third kappa shape index (κ3) is 6.36. The Bertz CT molecular complexity index is 621. The molecule has 1 fully saturated rings. The lowest BCUT2D eigenvalue weighted by molar-refractivity contribution is -0.143. The van der Waals surface area contributed by atoms with Crippen molar-refractivity contribution in [3.63, 3.8) is 0 Å². The molecule has 0 spiro atoms. The number of carbonyl (C=O) groups excluding carboxylic acids is 1. The van der Waals surface area contributed by atoms with Crippen molar-refractivity contribution in [3.05, 3.63) is 29.6 Å². The molecule has 1 saturated heterocycles. The van der Waals surface area contributed by atoms with E-state index in [0.29, 0.717) is 37.3 Å². The van der Waals surface area contributed by atoms with Gasteiger partial charge in [-0.1, -0.05) is 6.07 Å². The second-order valence-corrected chi connectivity index (χ2v) is 6.75. The Labute approximate surface area is 150 Å². The molecule has 0 saturated carbocycles. The second kappa shape index (κ2) is 8.57. The number of urea groups is 1. The summed E-state index contributed by atoms with van der Waals surface area (Å²) in [7, 11) is 3.48. The summed E-state index contributed by atoms with van der Waals surface area (Å²) in [4.78, 5) is 14.8. The van der Waals surface area contributed by atoms with Crippen LogP contribution in [0.1, 0.15) is 12.0 Å². The van der Waals surface area contributed by atoms with Gasteiger partial charge in [0.2, 0.25) is 0 Å². The van der Waals surface area contributed by atoms with Crippen LogP contribution in [0.25, 0.3) is 0 Å². The Balaban J connectivity index is 1.71. The largest absolute Gasteiger partial charge is 0.401 e. The SMILES string of the molecule is CN(C)c1ccc(CNC(=O)NCC2CCN(CC(F)(F)F)C2)cc1F. The number of alkyl halides is 3. The van der Waals surface area contributed by atoms with Gasteiger partial charge in [-0.05, 0) is 36.6 Å². The molecule has 0 aromatic heterocycles. The monoisotopic (exact) mass is 376 g/mol. The van der Waals surface area contributed by atoms with Gasteiger partial charge in [-0.3, -0.25) is 4.90 Å². The maximum absolute atomic E-state index is 13.9. The molecule has 0 aliphatic carbocycles. The summed E-state index contributed by atoms with van der Waals surface area (Å²) in [6.07, 6.45) is -3.58. The number of nitrogens with zero attached hydrogens (tertiary/aromatic N) is 2. The van der Waals surface area contributed by atoms with E-state index in [9.17, 15) is 22.4 Å². The summed E-state index contributed by atoms with van der Waals surface area (Å²) < 4.78 is 50.9. The molecule has 0 radical (unpaired) electrons. The summed E-state index contributed by atoms with van der Waals surface area (Å²) in [5.74, 6) is -0.370. The van der Waals surface area contributed by atoms with Crippen molar-refractivity contribution in [2.45, 2.75) is 19.1 Å². The maximum Gasteiger partial charge on any atom is 0.401 e. The first-order chi connectivity index (χ1) is 12.1. The normalized spacial score (nSPS) is 18.0. The minimum atomic E-state index is -4.20. The molecule has 1 unspecified atom stereocenters. The van der Waals surface area contributed by atoms with Crippen LogP contribution in [0.3, 0.4) is 0 Å². The predicted octanol–water partition coefficient (Wildman–Crippen LogP) is 2.58. The van der Waals surface area contributed by atoms with Crippen molar-refractivity contribution >= 4 is 11.7 Å².